The minimum Gasteiger partial charge on any atom is -0.381 e. The van der Waals surface area contributed by atoms with E-state index in [1.807, 2.05) is 18.2 Å². The molecule has 0 aliphatic rings. The second kappa shape index (κ2) is 7.09. The van der Waals surface area contributed by atoms with Crippen molar-refractivity contribution in [2.24, 2.45) is 0 Å². The summed E-state index contributed by atoms with van der Waals surface area (Å²) in [6, 6.07) is 11.0. The molecule has 0 saturated heterocycles. The van der Waals surface area contributed by atoms with E-state index in [9.17, 15) is 4.79 Å². The van der Waals surface area contributed by atoms with E-state index in [2.05, 4.69) is 29.5 Å². The maximum absolute atomic E-state index is 12.1. The van der Waals surface area contributed by atoms with Gasteiger partial charge in [-0.1, -0.05) is 30.7 Å². The Labute approximate surface area is 129 Å². The number of carbonyl (C=O) groups is 1. The molecular formula is C16H18ClN3O. The van der Waals surface area contributed by atoms with Crippen LogP contribution >= 0.6 is 11.6 Å². The molecule has 1 atom stereocenters. The minimum atomic E-state index is -0.279. The Morgan fingerprint density at radius 2 is 2.05 bits per heavy atom. The number of pyridine rings is 1. The predicted octanol–water partition coefficient (Wildman–Crippen LogP) is 4.20. The number of anilines is 2. The second-order valence-electron chi connectivity index (χ2n) is 4.82. The molecule has 0 aliphatic heterocycles. The summed E-state index contributed by atoms with van der Waals surface area (Å²) in [6.45, 7) is 4.20. The molecule has 0 fully saturated rings. The van der Waals surface area contributed by atoms with Gasteiger partial charge in [0.25, 0.3) is 5.91 Å². The van der Waals surface area contributed by atoms with Gasteiger partial charge in [0.2, 0.25) is 0 Å². The molecule has 1 heterocycles. The van der Waals surface area contributed by atoms with Gasteiger partial charge in [-0.05, 0) is 37.6 Å². The molecule has 1 amide bonds. The van der Waals surface area contributed by atoms with Gasteiger partial charge in [-0.2, -0.15) is 0 Å². The molecule has 1 unspecified atom stereocenters. The Kier molecular flexibility index (Phi) is 5.17. The number of para-hydroxylation sites is 1. The first kappa shape index (κ1) is 15.3. The minimum absolute atomic E-state index is 0.279. The van der Waals surface area contributed by atoms with Crippen molar-refractivity contribution in [3.05, 3.63) is 53.3 Å². The maximum Gasteiger partial charge on any atom is 0.274 e. The summed E-state index contributed by atoms with van der Waals surface area (Å²) in [4.78, 5) is 16.3. The highest BCUT2D eigenvalue weighted by molar-refractivity contribution is 6.33. The van der Waals surface area contributed by atoms with Crippen molar-refractivity contribution in [1.29, 1.82) is 0 Å². The molecule has 0 bridgehead atoms. The highest BCUT2D eigenvalue weighted by atomic mass is 35.5. The molecule has 0 spiro atoms. The van der Waals surface area contributed by atoms with E-state index in [-0.39, 0.29) is 5.91 Å². The van der Waals surface area contributed by atoms with Gasteiger partial charge in [-0.25, -0.2) is 4.98 Å². The van der Waals surface area contributed by atoms with E-state index in [4.69, 9.17) is 11.6 Å². The van der Waals surface area contributed by atoms with Crippen LogP contribution in [0.3, 0.4) is 0 Å². The smallest absolute Gasteiger partial charge is 0.274 e. The Morgan fingerprint density at radius 1 is 1.29 bits per heavy atom. The normalized spacial score (nSPS) is 11.8. The number of amides is 1. The average molecular weight is 304 g/mol. The zero-order chi connectivity index (χ0) is 15.2. The van der Waals surface area contributed by atoms with Gasteiger partial charge in [0.05, 0.1) is 22.6 Å². The molecule has 0 saturated carbocycles. The Morgan fingerprint density at radius 3 is 2.67 bits per heavy atom. The zero-order valence-corrected chi connectivity index (χ0v) is 12.8. The average Bonchev–Trinajstić information content (AvgIpc) is 2.50. The first-order chi connectivity index (χ1) is 10.1. The topological polar surface area (TPSA) is 54.0 Å². The third-order valence-corrected chi connectivity index (χ3v) is 3.47. The lowest BCUT2D eigenvalue weighted by Gasteiger charge is -2.12. The second-order valence-corrected chi connectivity index (χ2v) is 5.23. The summed E-state index contributed by atoms with van der Waals surface area (Å²) < 4.78 is 0. The Hall–Kier alpha value is -2.07. The van der Waals surface area contributed by atoms with Crippen molar-refractivity contribution >= 4 is 28.9 Å². The fourth-order valence-electron chi connectivity index (χ4n) is 1.75. The standard InChI is InChI=1S/C16H18ClN3O/c1-3-11(2)19-12-8-9-15(18-10-12)16(21)20-14-7-5-4-6-13(14)17/h4-11,19H,3H2,1-2H3,(H,20,21). The summed E-state index contributed by atoms with van der Waals surface area (Å²) in [7, 11) is 0. The third kappa shape index (κ3) is 4.20. The van der Waals surface area contributed by atoms with E-state index in [0.29, 0.717) is 22.4 Å². The number of nitrogens with zero attached hydrogens (tertiary/aromatic N) is 1. The van der Waals surface area contributed by atoms with Crippen LogP contribution in [0, 0.1) is 0 Å². The Bertz CT molecular complexity index is 613. The monoisotopic (exact) mass is 303 g/mol. The van der Waals surface area contributed by atoms with Gasteiger partial charge >= 0.3 is 0 Å². The molecule has 2 N–H and O–H groups in total. The van der Waals surface area contributed by atoms with Gasteiger partial charge in [-0.3, -0.25) is 4.79 Å². The highest BCUT2D eigenvalue weighted by Gasteiger charge is 2.09. The molecule has 21 heavy (non-hydrogen) atoms. The molecule has 110 valence electrons. The largest absolute Gasteiger partial charge is 0.381 e. The van der Waals surface area contributed by atoms with E-state index in [1.54, 1.807) is 24.4 Å². The van der Waals surface area contributed by atoms with Gasteiger partial charge in [0.1, 0.15) is 5.69 Å². The van der Waals surface area contributed by atoms with Gasteiger partial charge in [0.15, 0.2) is 0 Å². The molecule has 1 aromatic carbocycles. The van der Waals surface area contributed by atoms with Crippen LogP contribution in [-0.4, -0.2) is 16.9 Å². The van der Waals surface area contributed by atoms with Crippen LogP contribution in [0.4, 0.5) is 11.4 Å². The summed E-state index contributed by atoms with van der Waals surface area (Å²) >= 11 is 6.01. The zero-order valence-electron chi connectivity index (χ0n) is 12.1. The number of nitrogens with one attached hydrogen (secondary N) is 2. The summed E-state index contributed by atoms with van der Waals surface area (Å²) in [5.74, 6) is -0.279. The lowest BCUT2D eigenvalue weighted by Crippen LogP contribution is -2.16. The van der Waals surface area contributed by atoms with E-state index in [1.165, 1.54) is 0 Å². The molecule has 2 rings (SSSR count). The molecule has 1 aromatic heterocycles. The predicted molar refractivity (Wildman–Crippen MR) is 87.0 cm³/mol. The fourth-order valence-corrected chi connectivity index (χ4v) is 1.93. The summed E-state index contributed by atoms with van der Waals surface area (Å²) in [6.07, 6.45) is 2.68. The van der Waals surface area contributed by atoms with Crippen molar-refractivity contribution < 1.29 is 4.79 Å². The molecule has 5 heteroatoms. The molecule has 4 nitrogen and oxygen atoms in total. The number of rotatable bonds is 5. The number of hydrogen-bond acceptors (Lipinski definition) is 3. The molecule has 2 aromatic rings. The van der Waals surface area contributed by atoms with E-state index < -0.39 is 0 Å². The van der Waals surface area contributed by atoms with Crippen LogP contribution in [0.5, 0.6) is 0 Å². The lowest BCUT2D eigenvalue weighted by atomic mass is 10.2. The van der Waals surface area contributed by atoms with Crippen molar-refractivity contribution in [1.82, 2.24) is 4.98 Å². The summed E-state index contributed by atoms with van der Waals surface area (Å²) in [5, 5.41) is 6.55. The molecule has 0 aliphatic carbocycles. The number of benzene rings is 1. The maximum atomic E-state index is 12.1. The van der Waals surface area contributed by atoms with Gasteiger partial charge < -0.3 is 10.6 Å². The summed E-state index contributed by atoms with van der Waals surface area (Å²) in [5.41, 5.74) is 1.83. The van der Waals surface area contributed by atoms with Crippen molar-refractivity contribution in [2.45, 2.75) is 26.3 Å². The van der Waals surface area contributed by atoms with Crippen LogP contribution < -0.4 is 10.6 Å². The number of halogens is 1. The van der Waals surface area contributed by atoms with Crippen LogP contribution in [0.15, 0.2) is 42.6 Å². The lowest BCUT2D eigenvalue weighted by molar-refractivity contribution is 0.102. The van der Waals surface area contributed by atoms with Crippen molar-refractivity contribution in [3.63, 3.8) is 0 Å². The van der Waals surface area contributed by atoms with Crippen molar-refractivity contribution in [2.75, 3.05) is 10.6 Å². The van der Waals surface area contributed by atoms with Gasteiger partial charge in [-0.15, -0.1) is 0 Å². The van der Waals surface area contributed by atoms with Crippen molar-refractivity contribution in [3.8, 4) is 0 Å². The van der Waals surface area contributed by atoms with Crippen LogP contribution in [-0.2, 0) is 0 Å². The number of hydrogen-bond donors (Lipinski definition) is 2. The number of aromatic nitrogens is 1. The quantitative estimate of drug-likeness (QED) is 0.870. The van der Waals surface area contributed by atoms with Crippen LogP contribution in [0.2, 0.25) is 5.02 Å². The van der Waals surface area contributed by atoms with Gasteiger partial charge in [0, 0.05) is 6.04 Å². The fraction of sp³-hybridized carbons (Fsp3) is 0.250. The highest BCUT2D eigenvalue weighted by Crippen LogP contribution is 2.21. The first-order valence-corrected chi connectivity index (χ1v) is 7.26. The van der Waals surface area contributed by atoms with Crippen LogP contribution in [0.25, 0.3) is 0 Å². The van der Waals surface area contributed by atoms with E-state index >= 15 is 0 Å². The third-order valence-electron chi connectivity index (χ3n) is 3.14. The molecular weight excluding hydrogens is 286 g/mol. The Balaban J connectivity index is 2.05. The first-order valence-electron chi connectivity index (χ1n) is 6.88. The van der Waals surface area contributed by atoms with E-state index in [0.717, 1.165) is 12.1 Å². The van der Waals surface area contributed by atoms with Crippen LogP contribution in [0.1, 0.15) is 30.8 Å². The molecule has 0 radical (unpaired) electrons. The SMILES string of the molecule is CCC(C)Nc1ccc(C(=O)Nc2ccccc2Cl)nc1. The number of carbonyl (C=O) groups excluding carboxylic acids is 1.